The number of nitrogens with zero attached hydrogens (tertiary/aromatic N) is 3. The lowest BCUT2D eigenvalue weighted by molar-refractivity contribution is -0.253. The Kier molecular flexibility index (Phi) is 9.77. The summed E-state index contributed by atoms with van der Waals surface area (Å²) in [5, 5.41) is 23.5. The number of carbonyl (C=O) groups excluding carboxylic acids is 1. The number of para-hydroxylation sites is 2. The number of rotatable bonds is 10. The van der Waals surface area contributed by atoms with Gasteiger partial charge in [0.2, 0.25) is 0 Å². The third-order valence-electron chi connectivity index (χ3n) is 8.50. The van der Waals surface area contributed by atoms with E-state index in [0.29, 0.717) is 24.2 Å². The van der Waals surface area contributed by atoms with Crippen LogP contribution >= 0.6 is 0 Å². The first-order valence-corrected chi connectivity index (χ1v) is 15.4. The number of ether oxygens (including phenoxy) is 2. The molecule has 2 heterocycles. The van der Waals surface area contributed by atoms with E-state index in [1.54, 1.807) is 0 Å². The summed E-state index contributed by atoms with van der Waals surface area (Å²) in [5.41, 5.74) is 5.58. The molecule has 9 nitrogen and oxygen atoms in total. The molecule has 46 heavy (non-hydrogen) atoms. The average molecular weight is 619 g/mol. The number of likely N-dealkylation sites (N-methyl/N-ethyl adjacent to an activating group) is 1. The van der Waals surface area contributed by atoms with Crippen LogP contribution in [0, 0.1) is 0 Å². The molecule has 0 spiro atoms. The fourth-order valence-corrected chi connectivity index (χ4v) is 5.72. The molecule has 1 fully saturated rings. The van der Waals surface area contributed by atoms with Crippen LogP contribution in [0.4, 0.5) is 5.69 Å². The number of hydrogen-bond donors (Lipinski definition) is 3. The van der Waals surface area contributed by atoms with Gasteiger partial charge in [-0.25, -0.2) is 4.98 Å². The Labute approximate surface area is 268 Å². The third kappa shape index (κ3) is 7.31. The summed E-state index contributed by atoms with van der Waals surface area (Å²) in [6.45, 7) is 2.54. The van der Waals surface area contributed by atoms with Gasteiger partial charge in [0.05, 0.1) is 42.1 Å². The second-order valence-corrected chi connectivity index (χ2v) is 11.7. The predicted octanol–water partition coefficient (Wildman–Crippen LogP) is 5.97. The van der Waals surface area contributed by atoms with Crippen LogP contribution in [-0.2, 0) is 16.1 Å². The number of aliphatic hydroxyl groups is 2. The number of benzene rings is 4. The van der Waals surface area contributed by atoms with Crippen molar-refractivity contribution in [2.24, 2.45) is 0 Å². The Morgan fingerprint density at radius 2 is 1.67 bits per heavy atom. The third-order valence-corrected chi connectivity index (χ3v) is 8.50. The minimum atomic E-state index is -0.707. The van der Waals surface area contributed by atoms with Crippen LogP contribution in [0.25, 0.3) is 11.0 Å². The zero-order valence-electron chi connectivity index (χ0n) is 25.9. The summed E-state index contributed by atoms with van der Waals surface area (Å²) in [6.07, 6.45) is 0.217. The summed E-state index contributed by atoms with van der Waals surface area (Å²) >= 11 is 0. The van der Waals surface area contributed by atoms with E-state index in [1.165, 1.54) is 6.20 Å². The minimum Gasteiger partial charge on any atom is -0.392 e. The normalized spacial score (nSPS) is 19.5. The van der Waals surface area contributed by atoms with E-state index < -0.39 is 12.4 Å². The van der Waals surface area contributed by atoms with Gasteiger partial charge in [0, 0.05) is 30.3 Å². The van der Waals surface area contributed by atoms with Gasteiger partial charge in [0.15, 0.2) is 6.29 Å². The molecule has 0 aliphatic carbocycles. The second-order valence-electron chi connectivity index (χ2n) is 11.7. The van der Waals surface area contributed by atoms with Gasteiger partial charge < -0.3 is 25.0 Å². The summed E-state index contributed by atoms with van der Waals surface area (Å²) in [6, 6.07) is 32.1. The molecule has 1 aliphatic rings. The molecule has 1 amide bonds. The highest BCUT2D eigenvalue weighted by Crippen LogP contribution is 2.39. The fraction of sp³-hybridized carbons (Fsp3) is 0.270. The first kappa shape index (κ1) is 31.5. The molecule has 9 heteroatoms. The van der Waals surface area contributed by atoms with Crippen LogP contribution < -0.4 is 5.32 Å². The Balaban J connectivity index is 1.21. The molecule has 4 aromatic carbocycles. The maximum Gasteiger partial charge on any atom is 0.275 e. The van der Waals surface area contributed by atoms with E-state index in [2.05, 4.69) is 20.2 Å². The lowest BCUT2D eigenvalue weighted by atomic mass is 9.98. The van der Waals surface area contributed by atoms with E-state index in [1.807, 2.05) is 117 Å². The van der Waals surface area contributed by atoms with Crippen molar-refractivity contribution in [3.8, 4) is 0 Å². The van der Waals surface area contributed by atoms with Gasteiger partial charge in [-0.15, -0.1) is 0 Å². The van der Waals surface area contributed by atoms with Gasteiger partial charge in [-0.1, -0.05) is 78.9 Å². The zero-order chi connectivity index (χ0) is 32.0. The number of nitrogens with one attached hydrogen (secondary N) is 1. The Bertz CT molecular complexity index is 1770. The highest BCUT2D eigenvalue weighted by molar-refractivity contribution is 6.03. The number of fused-ring (bicyclic) bond motifs is 1. The van der Waals surface area contributed by atoms with Crippen LogP contribution in [0.2, 0.25) is 0 Å². The quantitative estimate of drug-likeness (QED) is 0.175. The van der Waals surface area contributed by atoms with Gasteiger partial charge in [0.25, 0.3) is 5.91 Å². The topological polar surface area (TPSA) is 117 Å². The highest BCUT2D eigenvalue weighted by atomic mass is 16.7. The standard InChI is InChI=1S/C37H38N4O5/c1-24(35(43)27-9-4-3-5-10-27)41(2)22-30-20-34(26-17-15-25(23-42)16-18-26)46-37(45-30)28-11-8-12-29(19-28)39-36(44)33-21-38-31-13-6-7-14-32(31)40-33/h3-19,21,24,30,34-35,37,42-43H,20,22-23H2,1-2H3,(H,39,44)/t24-,30+,34-,35-,37-/m0/s1. The maximum absolute atomic E-state index is 13.1. The van der Waals surface area contributed by atoms with E-state index in [0.717, 1.165) is 27.8 Å². The fourth-order valence-electron chi connectivity index (χ4n) is 5.72. The molecule has 3 N–H and O–H groups in total. The summed E-state index contributed by atoms with van der Waals surface area (Å²) in [4.78, 5) is 24.0. The van der Waals surface area contributed by atoms with Gasteiger partial charge >= 0.3 is 0 Å². The molecule has 1 aromatic heterocycles. The molecule has 6 rings (SSSR count). The van der Waals surface area contributed by atoms with Crippen molar-refractivity contribution in [1.82, 2.24) is 14.9 Å². The van der Waals surface area contributed by atoms with Crippen LogP contribution in [0.1, 0.15) is 64.6 Å². The lowest BCUT2D eigenvalue weighted by Crippen LogP contribution is -2.43. The molecule has 0 saturated carbocycles. The average Bonchev–Trinajstić information content (AvgIpc) is 3.11. The first-order valence-electron chi connectivity index (χ1n) is 15.4. The van der Waals surface area contributed by atoms with Crippen molar-refractivity contribution in [1.29, 1.82) is 0 Å². The number of hydrogen-bond acceptors (Lipinski definition) is 8. The Morgan fingerprint density at radius 3 is 2.43 bits per heavy atom. The molecule has 5 aromatic rings. The number of amides is 1. The SMILES string of the molecule is C[C@@H]([C@H](O)c1ccccc1)N(C)C[C@H]1C[C@@H](c2ccc(CO)cc2)O[C@@H](c2cccc(NC(=O)c3cnc4ccccc4n3)c2)O1. The Morgan fingerprint density at radius 1 is 0.935 bits per heavy atom. The Hall–Kier alpha value is -4.51. The molecule has 236 valence electrons. The molecule has 5 atom stereocenters. The van der Waals surface area contributed by atoms with Crippen molar-refractivity contribution in [3.63, 3.8) is 0 Å². The van der Waals surface area contributed by atoms with E-state index in [-0.39, 0.29) is 36.5 Å². The lowest BCUT2D eigenvalue weighted by Gasteiger charge is -2.39. The molecular formula is C37H38N4O5. The monoisotopic (exact) mass is 618 g/mol. The van der Waals surface area contributed by atoms with Crippen molar-refractivity contribution in [2.75, 3.05) is 18.9 Å². The zero-order valence-corrected chi connectivity index (χ0v) is 25.9. The van der Waals surface area contributed by atoms with Crippen molar-refractivity contribution < 1.29 is 24.5 Å². The van der Waals surface area contributed by atoms with Gasteiger partial charge in [-0.2, -0.15) is 0 Å². The van der Waals surface area contributed by atoms with E-state index >= 15 is 0 Å². The molecule has 0 radical (unpaired) electrons. The predicted molar refractivity (Wildman–Crippen MR) is 176 cm³/mol. The number of aromatic nitrogens is 2. The number of carbonyl (C=O) groups is 1. The first-order chi connectivity index (χ1) is 22.4. The number of aliphatic hydroxyl groups excluding tert-OH is 2. The minimum absolute atomic E-state index is 0.0319. The van der Waals surface area contributed by atoms with Crippen LogP contribution in [0.5, 0.6) is 0 Å². The highest BCUT2D eigenvalue weighted by Gasteiger charge is 2.34. The van der Waals surface area contributed by atoms with Gasteiger partial charge in [0.1, 0.15) is 5.69 Å². The second kappa shape index (κ2) is 14.3. The smallest absolute Gasteiger partial charge is 0.275 e. The number of anilines is 1. The van der Waals surface area contributed by atoms with Crippen molar-refractivity contribution in [3.05, 3.63) is 137 Å². The molecule has 0 unspecified atom stereocenters. The molecular weight excluding hydrogens is 580 g/mol. The molecule has 1 saturated heterocycles. The van der Waals surface area contributed by atoms with Gasteiger partial charge in [-0.3, -0.25) is 14.7 Å². The van der Waals surface area contributed by atoms with Crippen LogP contribution in [-0.4, -0.2) is 56.7 Å². The van der Waals surface area contributed by atoms with E-state index in [9.17, 15) is 15.0 Å². The molecule has 0 bridgehead atoms. The largest absolute Gasteiger partial charge is 0.392 e. The summed E-state index contributed by atoms with van der Waals surface area (Å²) in [7, 11) is 1.99. The van der Waals surface area contributed by atoms with Crippen LogP contribution in [0.15, 0.2) is 109 Å². The van der Waals surface area contributed by atoms with Crippen molar-refractivity contribution in [2.45, 2.75) is 50.6 Å². The molecule has 1 aliphatic heterocycles. The summed E-state index contributed by atoms with van der Waals surface area (Å²) in [5.74, 6) is -0.367. The maximum atomic E-state index is 13.1. The van der Waals surface area contributed by atoms with Crippen molar-refractivity contribution >= 4 is 22.6 Å². The van der Waals surface area contributed by atoms with Crippen LogP contribution in [0.3, 0.4) is 0 Å². The van der Waals surface area contributed by atoms with E-state index in [4.69, 9.17) is 9.47 Å². The summed E-state index contributed by atoms with van der Waals surface area (Å²) < 4.78 is 13.1. The van der Waals surface area contributed by atoms with Gasteiger partial charge in [-0.05, 0) is 54.9 Å².